The van der Waals surface area contributed by atoms with Crippen LogP contribution >= 0.6 is 34.5 Å². The smallest absolute Gasteiger partial charge is 0.281 e. The number of fused-ring (bicyclic) bond motifs is 2. The van der Waals surface area contributed by atoms with Gasteiger partial charge in [0.1, 0.15) is 13.2 Å². The third-order valence-corrected chi connectivity index (χ3v) is 5.62. The van der Waals surface area contributed by atoms with Crippen molar-refractivity contribution in [2.24, 2.45) is 4.99 Å². The van der Waals surface area contributed by atoms with Crippen LogP contribution in [0.25, 0.3) is 10.2 Å². The van der Waals surface area contributed by atoms with Crippen LogP contribution in [0.4, 0.5) is 0 Å². The minimum absolute atomic E-state index is 0.262. The van der Waals surface area contributed by atoms with E-state index < -0.39 is 5.91 Å². The highest BCUT2D eigenvalue weighted by molar-refractivity contribution is 7.16. The van der Waals surface area contributed by atoms with Crippen molar-refractivity contribution >= 4 is 50.7 Å². The summed E-state index contributed by atoms with van der Waals surface area (Å²) in [4.78, 5) is 17.5. The molecule has 0 radical (unpaired) electrons. The van der Waals surface area contributed by atoms with Crippen molar-refractivity contribution in [1.29, 1.82) is 0 Å². The van der Waals surface area contributed by atoms with Crippen LogP contribution in [0.15, 0.2) is 48.0 Å². The number of thiazole rings is 1. The number of carbonyl (C=O) groups is 1. The van der Waals surface area contributed by atoms with Gasteiger partial charge in [0.15, 0.2) is 16.3 Å². The number of ether oxygens (including phenoxy) is 2. The molecule has 2 aromatic carbocycles. The van der Waals surface area contributed by atoms with Crippen LogP contribution in [0.5, 0.6) is 11.5 Å². The Labute approximate surface area is 169 Å². The lowest BCUT2D eigenvalue weighted by Gasteiger charge is -2.18. The lowest BCUT2D eigenvalue weighted by Crippen LogP contribution is -2.17. The number of amides is 1. The average molecular weight is 421 g/mol. The summed E-state index contributed by atoms with van der Waals surface area (Å²) in [6.45, 7) is 5.31. The number of aromatic nitrogens is 1. The Morgan fingerprint density at radius 1 is 1.22 bits per heavy atom. The van der Waals surface area contributed by atoms with Crippen LogP contribution < -0.4 is 14.3 Å². The van der Waals surface area contributed by atoms with E-state index in [4.69, 9.17) is 32.7 Å². The molecular formula is C19H14Cl2N2O3S. The van der Waals surface area contributed by atoms with Crippen LogP contribution in [-0.2, 0) is 6.54 Å². The molecule has 27 heavy (non-hydrogen) atoms. The van der Waals surface area contributed by atoms with Crippen molar-refractivity contribution < 1.29 is 14.3 Å². The molecule has 1 amide bonds. The van der Waals surface area contributed by atoms with Gasteiger partial charge in [0.2, 0.25) is 0 Å². The Morgan fingerprint density at radius 2 is 1.96 bits per heavy atom. The maximum Gasteiger partial charge on any atom is 0.281 e. The summed E-state index contributed by atoms with van der Waals surface area (Å²) in [6.07, 6.45) is 1.75. The molecule has 8 heteroatoms. The number of allylic oxidation sites excluding steroid dienone is 1. The third kappa shape index (κ3) is 3.48. The number of hydrogen-bond donors (Lipinski definition) is 0. The van der Waals surface area contributed by atoms with E-state index in [1.54, 1.807) is 18.2 Å². The van der Waals surface area contributed by atoms with Gasteiger partial charge >= 0.3 is 0 Å². The third-order valence-electron chi connectivity index (χ3n) is 4.01. The van der Waals surface area contributed by atoms with E-state index >= 15 is 0 Å². The summed E-state index contributed by atoms with van der Waals surface area (Å²) in [6, 6.07) is 8.53. The number of hydrogen-bond acceptors (Lipinski definition) is 4. The standard InChI is InChI=1S/C19H14Cl2N2O3S/c1-2-5-23-14-9-15-16(26-7-6-25-15)10-17(14)27-19(23)22-18(24)12-8-11(20)3-4-13(12)21/h2-4,8-10H,1,5-7H2. The highest BCUT2D eigenvalue weighted by Crippen LogP contribution is 2.35. The zero-order chi connectivity index (χ0) is 19.0. The van der Waals surface area contributed by atoms with Crippen LogP contribution in [0, 0.1) is 0 Å². The summed E-state index contributed by atoms with van der Waals surface area (Å²) in [5, 5.41) is 0.733. The fraction of sp³-hybridized carbons (Fsp3) is 0.158. The zero-order valence-corrected chi connectivity index (χ0v) is 16.4. The van der Waals surface area contributed by atoms with Crippen molar-refractivity contribution in [1.82, 2.24) is 4.57 Å². The summed E-state index contributed by atoms with van der Waals surface area (Å²) in [5.74, 6) is 0.917. The van der Waals surface area contributed by atoms with Crippen LogP contribution in [0.1, 0.15) is 10.4 Å². The first-order valence-corrected chi connectivity index (χ1v) is 9.72. The van der Waals surface area contributed by atoms with Crippen LogP contribution in [0.3, 0.4) is 0 Å². The van der Waals surface area contributed by atoms with E-state index in [9.17, 15) is 4.79 Å². The van der Waals surface area contributed by atoms with Gasteiger partial charge in [0, 0.05) is 23.7 Å². The van der Waals surface area contributed by atoms with Gasteiger partial charge in [-0.05, 0) is 18.2 Å². The van der Waals surface area contributed by atoms with Gasteiger partial charge in [-0.1, -0.05) is 40.6 Å². The molecule has 1 aromatic heterocycles. The van der Waals surface area contributed by atoms with Gasteiger partial charge in [-0.3, -0.25) is 4.79 Å². The van der Waals surface area contributed by atoms with Crippen molar-refractivity contribution in [2.45, 2.75) is 6.54 Å². The predicted octanol–water partition coefficient (Wildman–Crippen LogP) is 4.71. The Hall–Kier alpha value is -2.28. The lowest BCUT2D eigenvalue weighted by molar-refractivity contribution is 0.0998. The molecule has 5 nitrogen and oxygen atoms in total. The Balaban J connectivity index is 1.88. The molecule has 0 spiro atoms. The molecule has 0 N–H and O–H groups in total. The molecule has 0 bridgehead atoms. The Kier molecular flexibility index (Phi) is 4.95. The monoisotopic (exact) mass is 420 g/mol. The summed E-state index contributed by atoms with van der Waals surface area (Å²) in [5.41, 5.74) is 1.16. The fourth-order valence-corrected chi connectivity index (χ4v) is 4.22. The number of carbonyl (C=O) groups excluding carboxylic acids is 1. The second-order valence-electron chi connectivity index (χ2n) is 5.79. The quantitative estimate of drug-likeness (QED) is 0.576. The SMILES string of the molecule is C=CCn1c(=NC(=O)c2cc(Cl)ccc2Cl)sc2cc3c(cc21)OCCO3. The average Bonchev–Trinajstić information content (AvgIpc) is 2.98. The summed E-state index contributed by atoms with van der Waals surface area (Å²) >= 11 is 13.5. The molecule has 4 rings (SSSR count). The second-order valence-corrected chi connectivity index (χ2v) is 7.64. The van der Waals surface area contributed by atoms with Gasteiger partial charge in [-0.25, -0.2) is 0 Å². The molecule has 0 unspecified atom stereocenters. The fourth-order valence-electron chi connectivity index (χ4n) is 2.81. The molecule has 2 heterocycles. The van der Waals surface area contributed by atoms with Crippen molar-refractivity contribution in [3.63, 3.8) is 0 Å². The van der Waals surface area contributed by atoms with Gasteiger partial charge in [-0.15, -0.1) is 6.58 Å². The Morgan fingerprint density at radius 3 is 2.70 bits per heavy atom. The maximum atomic E-state index is 12.7. The highest BCUT2D eigenvalue weighted by atomic mass is 35.5. The summed E-state index contributed by atoms with van der Waals surface area (Å²) in [7, 11) is 0. The molecule has 1 aliphatic rings. The van der Waals surface area contributed by atoms with Crippen LogP contribution in [0.2, 0.25) is 10.0 Å². The van der Waals surface area contributed by atoms with E-state index in [-0.39, 0.29) is 5.56 Å². The molecule has 3 aromatic rings. The highest BCUT2D eigenvalue weighted by Gasteiger charge is 2.17. The van der Waals surface area contributed by atoms with Gasteiger partial charge in [0.05, 0.1) is 20.8 Å². The Bertz CT molecular complexity index is 1130. The van der Waals surface area contributed by atoms with E-state index in [1.165, 1.54) is 17.4 Å². The molecule has 138 valence electrons. The van der Waals surface area contributed by atoms with Gasteiger partial charge in [0.25, 0.3) is 5.91 Å². The topological polar surface area (TPSA) is 52.8 Å². The first kappa shape index (κ1) is 18.1. The molecule has 0 saturated heterocycles. The second kappa shape index (κ2) is 7.38. The van der Waals surface area contributed by atoms with E-state index in [0.717, 1.165) is 10.2 Å². The molecular weight excluding hydrogens is 407 g/mol. The first-order chi connectivity index (χ1) is 13.1. The molecule has 0 saturated carbocycles. The largest absolute Gasteiger partial charge is 0.486 e. The zero-order valence-electron chi connectivity index (χ0n) is 14.1. The minimum atomic E-state index is -0.455. The molecule has 0 atom stereocenters. The normalized spacial score (nSPS) is 13.8. The van der Waals surface area contributed by atoms with Gasteiger partial charge < -0.3 is 14.0 Å². The molecule has 0 fully saturated rings. The van der Waals surface area contributed by atoms with Crippen LogP contribution in [-0.4, -0.2) is 23.7 Å². The summed E-state index contributed by atoms with van der Waals surface area (Å²) < 4.78 is 14.1. The molecule has 1 aliphatic heterocycles. The van der Waals surface area contributed by atoms with Crippen molar-refractivity contribution in [3.05, 3.63) is 63.4 Å². The van der Waals surface area contributed by atoms with Crippen molar-refractivity contribution in [3.8, 4) is 11.5 Å². The number of benzene rings is 2. The van der Waals surface area contributed by atoms with Crippen molar-refractivity contribution in [2.75, 3.05) is 13.2 Å². The first-order valence-electron chi connectivity index (χ1n) is 8.15. The lowest BCUT2D eigenvalue weighted by atomic mass is 10.2. The molecule has 0 aliphatic carbocycles. The number of halogens is 2. The predicted molar refractivity (Wildman–Crippen MR) is 107 cm³/mol. The maximum absolute atomic E-state index is 12.7. The van der Waals surface area contributed by atoms with E-state index in [0.29, 0.717) is 46.1 Å². The van der Waals surface area contributed by atoms with E-state index in [1.807, 2.05) is 16.7 Å². The number of rotatable bonds is 3. The minimum Gasteiger partial charge on any atom is -0.486 e. The van der Waals surface area contributed by atoms with E-state index in [2.05, 4.69) is 11.6 Å². The number of nitrogens with zero attached hydrogens (tertiary/aromatic N) is 2. The van der Waals surface area contributed by atoms with Gasteiger partial charge in [-0.2, -0.15) is 4.99 Å².